The van der Waals surface area contributed by atoms with Gasteiger partial charge >= 0.3 is 0 Å². The van der Waals surface area contributed by atoms with E-state index in [-0.39, 0.29) is 11.5 Å². The standard InChI is InChI=1S/C15H25NO/c1-15(2,3)14(16)11-7-8-12-17-13-9-5-4-6-10-13/h4-6,9-10,14H,7-8,11-12,16H2,1-3H3. The molecule has 0 aliphatic heterocycles. The van der Waals surface area contributed by atoms with Gasteiger partial charge in [0.25, 0.3) is 0 Å². The van der Waals surface area contributed by atoms with E-state index in [0.717, 1.165) is 31.6 Å². The number of hydrogen-bond donors (Lipinski definition) is 1. The lowest BCUT2D eigenvalue weighted by Gasteiger charge is -2.26. The average Bonchev–Trinajstić information content (AvgIpc) is 2.28. The summed E-state index contributed by atoms with van der Waals surface area (Å²) in [5, 5.41) is 0. The molecule has 0 fully saturated rings. The van der Waals surface area contributed by atoms with Crippen LogP contribution in [0.3, 0.4) is 0 Å². The molecule has 1 unspecified atom stereocenters. The minimum Gasteiger partial charge on any atom is -0.494 e. The third-order valence-electron chi connectivity index (χ3n) is 3.03. The Morgan fingerprint density at radius 2 is 1.76 bits per heavy atom. The van der Waals surface area contributed by atoms with Crippen molar-refractivity contribution in [2.75, 3.05) is 6.61 Å². The third-order valence-corrected chi connectivity index (χ3v) is 3.03. The van der Waals surface area contributed by atoms with E-state index in [4.69, 9.17) is 10.5 Å². The van der Waals surface area contributed by atoms with Gasteiger partial charge in [0.2, 0.25) is 0 Å². The van der Waals surface area contributed by atoms with E-state index < -0.39 is 0 Å². The fraction of sp³-hybridized carbons (Fsp3) is 0.600. The zero-order chi connectivity index (χ0) is 12.7. The molecule has 1 aromatic carbocycles. The molecule has 2 heteroatoms. The molecule has 2 N–H and O–H groups in total. The van der Waals surface area contributed by atoms with Crippen molar-refractivity contribution in [3.63, 3.8) is 0 Å². The Balaban J connectivity index is 2.09. The van der Waals surface area contributed by atoms with Crippen molar-refractivity contribution >= 4 is 0 Å². The summed E-state index contributed by atoms with van der Waals surface area (Å²) < 4.78 is 5.63. The van der Waals surface area contributed by atoms with Gasteiger partial charge in [0.1, 0.15) is 5.75 Å². The van der Waals surface area contributed by atoms with Gasteiger partial charge in [-0.25, -0.2) is 0 Å². The maximum Gasteiger partial charge on any atom is 0.119 e. The molecule has 0 saturated carbocycles. The SMILES string of the molecule is CC(C)(C)C(N)CCCCOc1ccccc1. The molecule has 1 rings (SSSR count). The van der Waals surface area contributed by atoms with Gasteiger partial charge < -0.3 is 10.5 Å². The molecule has 0 aromatic heterocycles. The van der Waals surface area contributed by atoms with Crippen LogP contribution in [-0.2, 0) is 0 Å². The molecule has 0 saturated heterocycles. The molecule has 1 atom stereocenters. The second kappa shape index (κ2) is 6.65. The number of hydrogen-bond acceptors (Lipinski definition) is 2. The molecule has 96 valence electrons. The number of rotatable bonds is 6. The van der Waals surface area contributed by atoms with Crippen molar-refractivity contribution in [3.05, 3.63) is 30.3 Å². The van der Waals surface area contributed by atoms with Gasteiger partial charge in [0, 0.05) is 6.04 Å². The summed E-state index contributed by atoms with van der Waals surface area (Å²) in [4.78, 5) is 0. The highest BCUT2D eigenvalue weighted by Crippen LogP contribution is 2.21. The average molecular weight is 235 g/mol. The summed E-state index contributed by atoms with van der Waals surface area (Å²) in [6.45, 7) is 7.36. The fourth-order valence-corrected chi connectivity index (χ4v) is 1.61. The first-order valence-corrected chi connectivity index (χ1v) is 6.43. The molecule has 0 heterocycles. The Kier molecular flexibility index (Phi) is 5.49. The van der Waals surface area contributed by atoms with Crippen LogP contribution in [0.5, 0.6) is 5.75 Å². The molecule has 2 nitrogen and oxygen atoms in total. The van der Waals surface area contributed by atoms with Crippen molar-refractivity contribution in [2.45, 2.75) is 46.1 Å². The number of unbranched alkanes of at least 4 members (excludes halogenated alkanes) is 1. The van der Waals surface area contributed by atoms with Gasteiger partial charge in [0.15, 0.2) is 0 Å². The van der Waals surface area contributed by atoms with Crippen molar-refractivity contribution in [1.29, 1.82) is 0 Å². The largest absolute Gasteiger partial charge is 0.494 e. The smallest absolute Gasteiger partial charge is 0.119 e. The molecule has 0 spiro atoms. The van der Waals surface area contributed by atoms with E-state index in [1.165, 1.54) is 0 Å². The van der Waals surface area contributed by atoms with Gasteiger partial charge in [0.05, 0.1) is 6.61 Å². The molecule has 0 aliphatic rings. The van der Waals surface area contributed by atoms with Crippen molar-refractivity contribution in [3.8, 4) is 5.75 Å². The van der Waals surface area contributed by atoms with Crippen LogP contribution in [0, 0.1) is 5.41 Å². The van der Waals surface area contributed by atoms with E-state index in [0.29, 0.717) is 0 Å². The lowest BCUT2D eigenvalue weighted by Crippen LogP contribution is -2.34. The van der Waals surface area contributed by atoms with Crippen LogP contribution in [0.25, 0.3) is 0 Å². The Hall–Kier alpha value is -1.02. The number of benzene rings is 1. The Bertz CT molecular complexity index is 302. The van der Waals surface area contributed by atoms with Crippen LogP contribution in [0.1, 0.15) is 40.0 Å². The van der Waals surface area contributed by atoms with Crippen molar-refractivity contribution < 1.29 is 4.74 Å². The maximum atomic E-state index is 6.10. The highest BCUT2D eigenvalue weighted by Gasteiger charge is 2.19. The number of ether oxygens (including phenoxy) is 1. The van der Waals surface area contributed by atoms with Crippen LogP contribution in [0.15, 0.2) is 30.3 Å². The monoisotopic (exact) mass is 235 g/mol. The van der Waals surface area contributed by atoms with Gasteiger partial charge in [-0.3, -0.25) is 0 Å². The molecule has 0 radical (unpaired) electrons. The lowest BCUT2D eigenvalue weighted by atomic mass is 9.84. The first kappa shape index (κ1) is 14.0. The summed E-state index contributed by atoms with van der Waals surface area (Å²) in [6, 6.07) is 10.2. The van der Waals surface area contributed by atoms with Crippen LogP contribution in [-0.4, -0.2) is 12.6 Å². The maximum absolute atomic E-state index is 6.10. The van der Waals surface area contributed by atoms with Crippen LogP contribution in [0.4, 0.5) is 0 Å². The molecule has 0 aliphatic carbocycles. The molecule has 0 bridgehead atoms. The quantitative estimate of drug-likeness (QED) is 0.764. The van der Waals surface area contributed by atoms with E-state index in [9.17, 15) is 0 Å². The van der Waals surface area contributed by atoms with E-state index in [1.54, 1.807) is 0 Å². The summed E-state index contributed by atoms with van der Waals surface area (Å²) >= 11 is 0. The Morgan fingerprint density at radius 3 is 2.35 bits per heavy atom. The highest BCUT2D eigenvalue weighted by atomic mass is 16.5. The predicted octanol–water partition coefficient (Wildman–Crippen LogP) is 3.61. The van der Waals surface area contributed by atoms with Gasteiger partial charge in [-0.1, -0.05) is 39.0 Å². The molecular weight excluding hydrogens is 210 g/mol. The summed E-state index contributed by atoms with van der Waals surface area (Å²) in [7, 11) is 0. The van der Waals surface area contributed by atoms with Crippen LogP contribution in [0.2, 0.25) is 0 Å². The van der Waals surface area contributed by atoms with E-state index in [2.05, 4.69) is 20.8 Å². The normalized spacial score (nSPS) is 13.4. The first-order chi connectivity index (χ1) is 8.00. The molecule has 0 amide bonds. The Labute approximate surface area is 105 Å². The minimum atomic E-state index is 0.209. The summed E-state index contributed by atoms with van der Waals surface area (Å²) in [5.41, 5.74) is 6.31. The van der Waals surface area contributed by atoms with Crippen LogP contribution < -0.4 is 10.5 Å². The second-order valence-electron chi connectivity index (χ2n) is 5.63. The molecular formula is C15H25NO. The van der Waals surface area contributed by atoms with E-state index in [1.807, 2.05) is 30.3 Å². The molecule has 17 heavy (non-hydrogen) atoms. The zero-order valence-corrected chi connectivity index (χ0v) is 11.3. The molecule has 1 aromatic rings. The first-order valence-electron chi connectivity index (χ1n) is 6.43. The topological polar surface area (TPSA) is 35.2 Å². The predicted molar refractivity (Wildman–Crippen MR) is 73.2 cm³/mol. The summed E-state index contributed by atoms with van der Waals surface area (Å²) in [6.07, 6.45) is 3.27. The third kappa shape index (κ3) is 5.73. The highest BCUT2D eigenvalue weighted by molar-refractivity contribution is 5.20. The van der Waals surface area contributed by atoms with E-state index >= 15 is 0 Å². The van der Waals surface area contributed by atoms with Gasteiger partial charge in [-0.15, -0.1) is 0 Å². The van der Waals surface area contributed by atoms with Gasteiger partial charge in [-0.2, -0.15) is 0 Å². The lowest BCUT2D eigenvalue weighted by molar-refractivity contribution is 0.274. The number of nitrogens with two attached hydrogens (primary N) is 1. The van der Waals surface area contributed by atoms with Gasteiger partial charge in [-0.05, 0) is 36.8 Å². The van der Waals surface area contributed by atoms with Crippen LogP contribution >= 0.6 is 0 Å². The summed E-state index contributed by atoms with van der Waals surface area (Å²) in [5.74, 6) is 0.951. The Morgan fingerprint density at radius 1 is 1.12 bits per heavy atom. The second-order valence-corrected chi connectivity index (χ2v) is 5.63. The van der Waals surface area contributed by atoms with Crippen molar-refractivity contribution in [1.82, 2.24) is 0 Å². The van der Waals surface area contributed by atoms with Crippen molar-refractivity contribution in [2.24, 2.45) is 11.1 Å². The minimum absolute atomic E-state index is 0.209. The number of para-hydroxylation sites is 1. The zero-order valence-electron chi connectivity index (χ0n) is 11.3. The fourth-order valence-electron chi connectivity index (χ4n) is 1.61.